The molecule has 0 unspecified atom stereocenters. The molecule has 0 atom stereocenters. The maximum atomic E-state index is 12.9. The largest absolute Gasteiger partial charge is 0.276 e. The van der Waals surface area contributed by atoms with Gasteiger partial charge in [0.05, 0.1) is 28.2 Å². The molecule has 0 fully saturated rings. The van der Waals surface area contributed by atoms with Gasteiger partial charge in [-0.1, -0.05) is 12.1 Å². The Morgan fingerprint density at radius 2 is 1.77 bits per heavy atom. The molecule has 0 aliphatic carbocycles. The molecule has 0 radical (unpaired) electrons. The van der Waals surface area contributed by atoms with Crippen LogP contribution in [0.3, 0.4) is 0 Å². The molecule has 0 aliphatic rings. The van der Waals surface area contributed by atoms with Crippen LogP contribution in [0.2, 0.25) is 0 Å². The number of nitro groups is 1. The maximum absolute atomic E-state index is 12.9. The van der Waals surface area contributed by atoms with Crippen LogP contribution >= 0.6 is 0 Å². The smallest absolute Gasteiger partial charge is 0.269 e. The number of rotatable bonds is 6. The second-order valence-corrected chi connectivity index (χ2v) is 7.09. The molecule has 0 saturated heterocycles. The van der Waals surface area contributed by atoms with E-state index in [2.05, 4.69) is 9.82 Å². The van der Waals surface area contributed by atoms with E-state index in [0.29, 0.717) is 6.54 Å². The molecule has 26 heavy (non-hydrogen) atoms. The lowest BCUT2D eigenvalue weighted by Gasteiger charge is -2.05. The van der Waals surface area contributed by atoms with Crippen LogP contribution in [-0.4, -0.2) is 23.1 Å². The summed E-state index contributed by atoms with van der Waals surface area (Å²) in [5, 5.41) is 14.7. The molecule has 3 rings (SSSR count). The average Bonchev–Trinajstić information content (AvgIpc) is 3.03. The van der Waals surface area contributed by atoms with Gasteiger partial charge in [-0.2, -0.15) is 5.10 Å². The SMILES string of the molecule is O=[N+]([O-])c1ccc(S(=O)(=O)Nc2cnn(Cc3ccc(F)cc3)c2)cc1. The third kappa shape index (κ3) is 4.03. The number of anilines is 1. The van der Waals surface area contributed by atoms with Crippen molar-refractivity contribution in [3.05, 3.63) is 82.4 Å². The van der Waals surface area contributed by atoms with Crippen molar-refractivity contribution in [3.63, 3.8) is 0 Å². The van der Waals surface area contributed by atoms with Crippen LogP contribution in [0.1, 0.15) is 5.56 Å². The highest BCUT2D eigenvalue weighted by molar-refractivity contribution is 7.92. The quantitative estimate of drug-likeness (QED) is 0.526. The number of sulfonamides is 1. The number of benzene rings is 2. The third-order valence-corrected chi connectivity index (χ3v) is 4.90. The number of hydrogen-bond acceptors (Lipinski definition) is 5. The first-order valence-corrected chi connectivity index (χ1v) is 8.86. The van der Waals surface area contributed by atoms with Crippen LogP contribution in [0.25, 0.3) is 0 Å². The van der Waals surface area contributed by atoms with Gasteiger partial charge in [-0.15, -0.1) is 0 Å². The lowest BCUT2D eigenvalue weighted by atomic mass is 10.2. The highest BCUT2D eigenvalue weighted by Gasteiger charge is 2.17. The zero-order valence-electron chi connectivity index (χ0n) is 13.2. The predicted octanol–water partition coefficient (Wildman–Crippen LogP) is 2.78. The molecule has 10 heteroatoms. The van der Waals surface area contributed by atoms with Gasteiger partial charge in [-0.05, 0) is 29.8 Å². The Hall–Kier alpha value is -3.27. The van der Waals surface area contributed by atoms with Gasteiger partial charge < -0.3 is 0 Å². The fraction of sp³-hybridized carbons (Fsp3) is 0.0625. The van der Waals surface area contributed by atoms with Crippen LogP contribution in [0, 0.1) is 15.9 Å². The van der Waals surface area contributed by atoms with Gasteiger partial charge in [0.2, 0.25) is 0 Å². The Morgan fingerprint density at radius 3 is 2.38 bits per heavy atom. The van der Waals surface area contributed by atoms with E-state index in [1.54, 1.807) is 12.1 Å². The highest BCUT2D eigenvalue weighted by atomic mass is 32.2. The number of halogens is 1. The second-order valence-electron chi connectivity index (χ2n) is 5.41. The van der Waals surface area contributed by atoms with E-state index in [4.69, 9.17) is 0 Å². The van der Waals surface area contributed by atoms with Crippen molar-refractivity contribution in [1.82, 2.24) is 9.78 Å². The van der Waals surface area contributed by atoms with Crippen molar-refractivity contribution in [2.75, 3.05) is 4.72 Å². The van der Waals surface area contributed by atoms with Crippen molar-refractivity contribution in [1.29, 1.82) is 0 Å². The monoisotopic (exact) mass is 376 g/mol. The minimum atomic E-state index is -3.90. The molecule has 0 amide bonds. The van der Waals surface area contributed by atoms with Gasteiger partial charge in [0.15, 0.2) is 0 Å². The second kappa shape index (κ2) is 6.92. The minimum Gasteiger partial charge on any atom is -0.276 e. The van der Waals surface area contributed by atoms with Gasteiger partial charge in [-0.25, -0.2) is 12.8 Å². The van der Waals surface area contributed by atoms with E-state index in [1.807, 2.05) is 0 Å². The summed E-state index contributed by atoms with van der Waals surface area (Å²) in [6.07, 6.45) is 2.83. The Balaban J connectivity index is 1.73. The molecule has 1 aromatic heterocycles. The number of non-ortho nitro benzene ring substituents is 1. The number of aromatic nitrogens is 2. The molecular formula is C16H13FN4O4S. The van der Waals surface area contributed by atoms with Crippen LogP contribution in [0.15, 0.2) is 65.8 Å². The van der Waals surface area contributed by atoms with E-state index in [-0.39, 0.29) is 22.1 Å². The maximum Gasteiger partial charge on any atom is 0.269 e. The van der Waals surface area contributed by atoms with Crippen LogP contribution in [-0.2, 0) is 16.6 Å². The summed E-state index contributed by atoms with van der Waals surface area (Å²) in [5.74, 6) is -0.342. The standard InChI is InChI=1S/C16H13FN4O4S/c17-13-3-1-12(2-4-13)10-20-11-14(9-18-20)19-26(24,25)16-7-5-15(6-8-16)21(22)23/h1-9,11,19H,10H2. The summed E-state index contributed by atoms with van der Waals surface area (Å²) in [6.45, 7) is 0.347. The van der Waals surface area contributed by atoms with Crippen molar-refractivity contribution in [3.8, 4) is 0 Å². The zero-order valence-corrected chi connectivity index (χ0v) is 14.1. The summed E-state index contributed by atoms with van der Waals surface area (Å²) in [6, 6.07) is 10.4. The van der Waals surface area contributed by atoms with E-state index < -0.39 is 14.9 Å². The molecule has 1 N–H and O–H groups in total. The van der Waals surface area contributed by atoms with Gasteiger partial charge >= 0.3 is 0 Å². The van der Waals surface area contributed by atoms with Crippen LogP contribution in [0.4, 0.5) is 15.8 Å². The lowest BCUT2D eigenvalue weighted by Crippen LogP contribution is -2.12. The summed E-state index contributed by atoms with van der Waals surface area (Å²) in [4.78, 5) is 9.92. The topological polar surface area (TPSA) is 107 Å². The average molecular weight is 376 g/mol. The van der Waals surface area contributed by atoms with E-state index in [0.717, 1.165) is 29.8 Å². The minimum absolute atomic E-state index is 0.102. The Labute approximate surface area is 148 Å². The highest BCUT2D eigenvalue weighted by Crippen LogP contribution is 2.19. The first-order valence-electron chi connectivity index (χ1n) is 7.38. The van der Waals surface area contributed by atoms with Gasteiger partial charge in [-0.3, -0.25) is 19.5 Å². The lowest BCUT2D eigenvalue weighted by molar-refractivity contribution is -0.384. The third-order valence-electron chi connectivity index (χ3n) is 3.50. The van der Waals surface area contributed by atoms with Crippen molar-refractivity contribution < 1.29 is 17.7 Å². The van der Waals surface area contributed by atoms with Crippen LogP contribution in [0.5, 0.6) is 0 Å². The molecule has 0 aliphatic heterocycles. The number of nitro benzene ring substituents is 1. The van der Waals surface area contributed by atoms with Crippen LogP contribution < -0.4 is 4.72 Å². The summed E-state index contributed by atoms with van der Waals surface area (Å²) >= 11 is 0. The molecule has 2 aromatic carbocycles. The van der Waals surface area contributed by atoms with E-state index in [1.165, 1.54) is 29.2 Å². The summed E-state index contributed by atoms with van der Waals surface area (Å²) < 4.78 is 41.4. The molecule has 0 spiro atoms. The summed E-state index contributed by atoms with van der Waals surface area (Å²) in [7, 11) is -3.90. The zero-order chi connectivity index (χ0) is 18.7. The Bertz CT molecular complexity index is 1030. The van der Waals surface area contributed by atoms with Gasteiger partial charge in [0.25, 0.3) is 15.7 Å². The number of nitrogens with one attached hydrogen (secondary N) is 1. The molecule has 134 valence electrons. The van der Waals surface area contributed by atoms with Crippen molar-refractivity contribution in [2.45, 2.75) is 11.4 Å². The predicted molar refractivity (Wildman–Crippen MR) is 91.6 cm³/mol. The molecular weight excluding hydrogens is 363 g/mol. The van der Waals surface area contributed by atoms with Crippen molar-refractivity contribution in [2.24, 2.45) is 0 Å². The fourth-order valence-electron chi connectivity index (χ4n) is 2.24. The number of hydrogen-bond donors (Lipinski definition) is 1. The van der Waals surface area contributed by atoms with E-state index >= 15 is 0 Å². The normalized spacial score (nSPS) is 11.3. The first-order chi connectivity index (χ1) is 12.3. The first kappa shape index (κ1) is 17.5. The summed E-state index contributed by atoms with van der Waals surface area (Å²) in [5.41, 5.74) is 0.848. The fourth-order valence-corrected chi connectivity index (χ4v) is 3.27. The Kier molecular flexibility index (Phi) is 4.67. The van der Waals surface area contributed by atoms with Gasteiger partial charge in [0.1, 0.15) is 5.82 Å². The molecule has 0 saturated carbocycles. The molecule has 3 aromatic rings. The Morgan fingerprint density at radius 1 is 1.12 bits per heavy atom. The molecule has 8 nitrogen and oxygen atoms in total. The molecule has 1 heterocycles. The van der Waals surface area contributed by atoms with Gasteiger partial charge in [0, 0.05) is 18.3 Å². The number of nitrogens with zero attached hydrogens (tertiary/aromatic N) is 3. The van der Waals surface area contributed by atoms with E-state index in [9.17, 15) is 22.9 Å². The molecule has 0 bridgehead atoms. The van der Waals surface area contributed by atoms with Crippen molar-refractivity contribution >= 4 is 21.4 Å².